The highest BCUT2D eigenvalue weighted by Gasteiger charge is 2.13. The summed E-state index contributed by atoms with van der Waals surface area (Å²) < 4.78 is 0. The number of nitrogens with two attached hydrogens (primary N) is 1. The topological polar surface area (TPSA) is 82.9 Å². The molecule has 4 nitrogen and oxygen atoms in total. The molecule has 0 aliphatic heterocycles. The van der Waals surface area contributed by atoms with Crippen molar-refractivity contribution in [3.8, 4) is 34.2 Å². The number of nitrogens with zero attached hydrogens (tertiary/aromatic N) is 2. The maximum Gasteiger partial charge on any atom is 0.142 e. The van der Waals surface area contributed by atoms with Gasteiger partial charge in [0.2, 0.25) is 0 Å². The van der Waals surface area contributed by atoms with Crippen LogP contribution in [0.3, 0.4) is 0 Å². The Bertz CT molecular complexity index is 867. The zero-order valence-electron chi connectivity index (χ0n) is 11.7. The summed E-state index contributed by atoms with van der Waals surface area (Å²) >= 11 is 0. The van der Waals surface area contributed by atoms with Crippen LogP contribution in [0.4, 0.5) is 5.82 Å². The highest BCUT2D eigenvalue weighted by molar-refractivity contribution is 5.80. The Kier molecular flexibility index (Phi) is 3.47. The second kappa shape index (κ2) is 5.58. The summed E-state index contributed by atoms with van der Waals surface area (Å²) in [4.78, 5) is 4.32. The molecular formula is C18H13N3O. The fourth-order valence-electron chi connectivity index (χ4n) is 2.34. The van der Waals surface area contributed by atoms with E-state index in [1.165, 1.54) is 0 Å². The molecule has 1 heterocycles. The molecule has 2 aromatic carbocycles. The number of aromatic hydroxyl groups is 1. The van der Waals surface area contributed by atoms with E-state index in [-0.39, 0.29) is 11.6 Å². The van der Waals surface area contributed by atoms with Crippen LogP contribution in [0.25, 0.3) is 22.4 Å². The van der Waals surface area contributed by atoms with Crippen molar-refractivity contribution in [2.45, 2.75) is 0 Å². The summed E-state index contributed by atoms with van der Waals surface area (Å²) in [5.41, 5.74) is 9.25. The molecule has 106 valence electrons. The molecule has 0 atom stereocenters. The summed E-state index contributed by atoms with van der Waals surface area (Å²) in [6.45, 7) is 0. The van der Waals surface area contributed by atoms with Crippen molar-refractivity contribution in [1.82, 2.24) is 4.98 Å². The summed E-state index contributed by atoms with van der Waals surface area (Å²) in [5.74, 6) is 0.320. The van der Waals surface area contributed by atoms with E-state index in [1.807, 2.05) is 42.5 Å². The molecule has 1 aromatic heterocycles. The van der Waals surface area contributed by atoms with Crippen molar-refractivity contribution in [3.63, 3.8) is 0 Å². The molecule has 0 radical (unpaired) electrons. The molecule has 22 heavy (non-hydrogen) atoms. The molecular weight excluding hydrogens is 274 g/mol. The van der Waals surface area contributed by atoms with Crippen molar-refractivity contribution < 1.29 is 5.11 Å². The molecule has 0 aliphatic carbocycles. The van der Waals surface area contributed by atoms with Crippen LogP contribution in [-0.2, 0) is 0 Å². The van der Waals surface area contributed by atoms with Gasteiger partial charge in [0.1, 0.15) is 23.2 Å². The number of phenols is 1. The molecule has 0 aliphatic rings. The lowest BCUT2D eigenvalue weighted by molar-refractivity contribution is 0.475. The average Bonchev–Trinajstić information content (AvgIpc) is 2.55. The third kappa shape index (κ3) is 2.48. The smallest absolute Gasteiger partial charge is 0.142 e. The Morgan fingerprint density at radius 1 is 0.955 bits per heavy atom. The van der Waals surface area contributed by atoms with Crippen LogP contribution in [0, 0.1) is 11.3 Å². The quantitative estimate of drug-likeness (QED) is 0.754. The number of pyridine rings is 1. The SMILES string of the molecule is N#Cc1c(-c2cccc(O)c2)cc(-c2ccccc2)nc1N. The van der Waals surface area contributed by atoms with E-state index in [4.69, 9.17) is 5.73 Å². The van der Waals surface area contributed by atoms with Gasteiger partial charge in [0.05, 0.1) is 5.69 Å². The molecule has 0 bridgehead atoms. The van der Waals surface area contributed by atoms with Gasteiger partial charge in [-0.3, -0.25) is 0 Å². The van der Waals surface area contributed by atoms with Gasteiger partial charge in [-0.2, -0.15) is 5.26 Å². The summed E-state index contributed by atoms with van der Waals surface area (Å²) in [6, 6.07) is 20.3. The van der Waals surface area contributed by atoms with Crippen LogP contribution >= 0.6 is 0 Å². The van der Waals surface area contributed by atoms with E-state index < -0.39 is 0 Å². The maximum atomic E-state index is 9.66. The number of nitriles is 1. The minimum Gasteiger partial charge on any atom is -0.508 e. The van der Waals surface area contributed by atoms with Crippen LogP contribution < -0.4 is 5.73 Å². The monoisotopic (exact) mass is 287 g/mol. The Labute approximate surface area is 128 Å². The van der Waals surface area contributed by atoms with Crippen LogP contribution in [0.5, 0.6) is 5.75 Å². The van der Waals surface area contributed by atoms with Gasteiger partial charge in [-0.1, -0.05) is 42.5 Å². The minimum atomic E-state index is 0.137. The fraction of sp³-hybridized carbons (Fsp3) is 0. The largest absolute Gasteiger partial charge is 0.508 e. The number of anilines is 1. The number of phenolic OH excluding ortho intramolecular Hbond substituents is 1. The third-order valence-electron chi connectivity index (χ3n) is 3.39. The van der Waals surface area contributed by atoms with Crippen LogP contribution in [0.2, 0.25) is 0 Å². The zero-order chi connectivity index (χ0) is 15.5. The average molecular weight is 287 g/mol. The van der Waals surface area contributed by atoms with Crippen molar-refractivity contribution in [2.24, 2.45) is 0 Å². The van der Waals surface area contributed by atoms with Gasteiger partial charge in [0.25, 0.3) is 0 Å². The minimum absolute atomic E-state index is 0.137. The van der Waals surface area contributed by atoms with Crippen molar-refractivity contribution >= 4 is 5.82 Å². The van der Waals surface area contributed by atoms with E-state index in [0.717, 1.165) is 11.1 Å². The standard InChI is InChI=1S/C18H13N3O/c19-11-16-15(13-7-4-8-14(22)9-13)10-17(21-18(16)20)12-5-2-1-3-6-12/h1-10,22H,(H2,20,21). The normalized spacial score (nSPS) is 10.1. The van der Waals surface area contributed by atoms with Gasteiger partial charge < -0.3 is 10.8 Å². The predicted octanol–water partition coefficient (Wildman–Crippen LogP) is 3.58. The van der Waals surface area contributed by atoms with Gasteiger partial charge in [-0.25, -0.2) is 4.98 Å². The molecule has 0 fully saturated rings. The first-order chi connectivity index (χ1) is 10.7. The molecule has 3 rings (SSSR count). The lowest BCUT2D eigenvalue weighted by Crippen LogP contribution is -1.99. The van der Waals surface area contributed by atoms with E-state index in [2.05, 4.69) is 11.1 Å². The zero-order valence-corrected chi connectivity index (χ0v) is 11.7. The molecule has 4 heteroatoms. The van der Waals surface area contributed by atoms with Crippen molar-refractivity contribution in [2.75, 3.05) is 5.73 Å². The highest BCUT2D eigenvalue weighted by atomic mass is 16.3. The predicted molar refractivity (Wildman–Crippen MR) is 85.9 cm³/mol. The van der Waals surface area contributed by atoms with Gasteiger partial charge in [0, 0.05) is 11.1 Å². The maximum absolute atomic E-state index is 9.66. The van der Waals surface area contributed by atoms with E-state index in [9.17, 15) is 10.4 Å². The van der Waals surface area contributed by atoms with E-state index >= 15 is 0 Å². The Hall–Kier alpha value is -3.32. The Morgan fingerprint density at radius 3 is 2.36 bits per heavy atom. The molecule has 0 saturated carbocycles. The van der Waals surface area contributed by atoms with Gasteiger partial charge in [-0.05, 0) is 23.8 Å². The highest BCUT2D eigenvalue weighted by Crippen LogP contribution is 2.32. The lowest BCUT2D eigenvalue weighted by Gasteiger charge is -2.10. The number of hydrogen-bond donors (Lipinski definition) is 2. The van der Waals surface area contributed by atoms with Crippen LogP contribution in [-0.4, -0.2) is 10.1 Å². The van der Waals surface area contributed by atoms with Crippen molar-refractivity contribution in [1.29, 1.82) is 5.26 Å². The first-order valence-electron chi connectivity index (χ1n) is 6.74. The lowest BCUT2D eigenvalue weighted by atomic mass is 9.98. The van der Waals surface area contributed by atoms with Crippen LogP contribution in [0.1, 0.15) is 5.56 Å². The second-order valence-corrected chi connectivity index (χ2v) is 4.84. The first-order valence-corrected chi connectivity index (χ1v) is 6.74. The number of rotatable bonds is 2. The fourth-order valence-corrected chi connectivity index (χ4v) is 2.34. The number of hydrogen-bond acceptors (Lipinski definition) is 4. The van der Waals surface area contributed by atoms with Crippen LogP contribution in [0.15, 0.2) is 60.7 Å². The number of aromatic nitrogens is 1. The second-order valence-electron chi connectivity index (χ2n) is 4.84. The molecule has 0 spiro atoms. The van der Waals surface area contributed by atoms with Gasteiger partial charge in [-0.15, -0.1) is 0 Å². The van der Waals surface area contributed by atoms with E-state index in [1.54, 1.807) is 18.2 Å². The summed E-state index contributed by atoms with van der Waals surface area (Å²) in [6.07, 6.45) is 0. The van der Waals surface area contributed by atoms with Gasteiger partial charge >= 0.3 is 0 Å². The number of nitrogen functional groups attached to an aromatic ring is 1. The Balaban J connectivity index is 2.25. The first kappa shape index (κ1) is 13.7. The summed E-state index contributed by atoms with van der Waals surface area (Å²) in [7, 11) is 0. The Morgan fingerprint density at radius 2 is 1.68 bits per heavy atom. The molecule has 0 amide bonds. The van der Waals surface area contributed by atoms with Gasteiger partial charge in [0.15, 0.2) is 0 Å². The molecule has 3 aromatic rings. The summed E-state index contributed by atoms with van der Waals surface area (Å²) in [5, 5.41) is 19.0. The van der Waals surface area contributed by atoms with Crippen molar-refractivity contribution in [3.05, 3.63) is 66.2 Å². The molecule has 0 unspecified atom stereocenters. The third-order valence-corrected chi connectivity index (χ3v) is 3.39. The molecule has 3 N–H and O–H groups in total. The number of benzene rings is 2. The molecule has 0 saturated heterocycles. The van der Waals surface area contributed by atoms with E-state index in [0.29, 0.717) is 16.8 Å².